The number of fused-ring (bicyclic) bond motifs is 1. The normalized spacial score (nSPS) is 30.4. The van der Waals surface area contributed by atoms with E-state index in [1.807, 2.05) is 0 Å². The van der Waals surface area contributed by atoms with E-state index in [0.717, 1.165) is 13.0 Å². The lowest BCUT2D eigenvalue weighted by Crippen LogP contribution is -2.62. The smallest absolute Gasteiger partial charge is 0.316 e. The van der Waals surface area contributed by atoms with E-state index in [2.05, 4.69) is 15.3 Å². The van der Waals surface area contributed by atoms with Gasteiger partial charge in [0.1, 0.15) is 0 Å². The number of ether oxygens (including phenoxy) is 3. The Bertz CT molecular complexity index is 507. The Morgan fingerprint density at radius 3 is 2.86 bits per heavy atom. The summed E-state index contributed by atoms with van der Waals surface area (Å²) in [6.45, 7) is 1.35. The quantitative estimate of drug-likeness (QED) is 0.839. The largest absolute Gasteiger partial charge is 0.467 e. The van der Waals surface area contributed by atoms with Crippen LogP contribution in [0.1, 0.15) is 16.8 Å². The van der Waals surface area contributed by atoms with Gasteiger partial charge in [-0.05, 0) is 6.42 Å². The van der Waals surface area contributed by atoms with E-state index in [1.165, 1.54) is 19.5 Å². The SMILES string of the molecule is COC[C@@H]1[C@H](NC(=O)c2cnc(OC)nc2)[C@@H]2CCO[C@H]12. The van der Waals surface area contributed by atoms with E-state index in [4.69, 9.17) is 14.2 Å². The molecule has 2 heterocycles. The van der Waals surface area contributed by atoms with Crippen molar-refractivity contribution in [2.24, 2.45) is 11.8 Å². The van der Waals surface area contributed by atoms with Crippen LogP contribution in [0.4, 0.5) is 0 Å². The van der Waals surface area contributed by atoms with Gasteiger partial charge in [0.2, 0.25) is 0 Å². The predicted octanol–water partition coefficient (Wildman–Crippen LogP) is 0.265. The second-order valence-electron chi connectivity index (χ2n) is 5.36. The first-order valence-electron chi connectivity index (χ1n) is 7.02. The van der Waals surface area contributed by atoms with Crippen molar-refractivity contribution in [2.75, 3.05) is 27.4 Å². The first-order chi connectivity index (χ1) is 10.2. The van der Waals surface area contributed by atoms with Crippen molar-refractivity contribution in [1.29, 1.82) is 0 Å². The van der Waals surface area contributed by atoms with Gasteiger partial charge in [-0.2, -0.15) is 0 Å². The van der Waals surface area contributed by atoms with E-state index >= 15 is 0 Å². The van der Waals surface area contributed by atoms with Gasteiger partial charge >= 0.3 is 6.01 Å². The molecule has 1 N–H and O–H groups in total. The minimum atomic E-state index is -0.172. The second kappa shape index (κ2) is 5.95. The first kappa shape index (κ1) is 14.2. The molecule has 2 fully saturated rings. The van der Waals surface area contributed by atoms with E-state index in [-0.39, 0.29) is 30.0 Å². The molecule has 114 valence electrons. The van der Waals surface area contributed by atoms with Crippen LogP contribution < -0.4 is 10.1 Å². The maximum Gasteiger partial charge on any atom is 0.316 e. The molecule has 1 aromatic heterocycles. The predicted molar refractivity (Wildman–Crippen MR) is 73.1 cm³/mol. The minimum absolute atomic E-state index is 0.0899. The summed E-state index contributed by atoms with van der Waals surface area (Å²) in [4.78, 5) is 20.2. The molecule has 3 rings (SSSR count). The van der Waals surface area contributed by atoms with Gasteiger partial charge in [0.15, 0.2) is 0 Å². The summed E-state index contributed by atoms with van der Waals surface area (Å²) in [5.41, 5.74) is 0.425. The zero-order chi connectivity index (χ0) is 14.8. The van der Waals surface area contributed by atoms with Crippen molar-refractivity contribution >= 4 is 5.91 Å². The van der Waals surface area contributed by atoms with Gasteiger partial charge in [0.25, 0.3) is 5.91 Å². The summed E-state index contributed by atoms with van der Waals surface area (Å²) in [6, 6.07) is 0.337. The molecule has 0 aromatic carbocycles. The van der Waals surface area contributed by atoms with Gasteiger partial charge in [-0.15, -0.1) is 0 Å². The number of carbonyl (C=O) groups excluding carboxylic acids is 1. The molecule has 2 aliphatic rings. The van der Waals surface area contributed by atoms with Gasteiger partial charge in [-0.1, -0.05) is 0 Å². The van der Waals surface area contributed by atoms with Crippen molar-refractivity contribution in [3.05, 3.63) is 18.0 Å². The lowest BCUT2D eigenvalue weighted by molar-refractivity contribution is -0.0809. The highest BCUT2D eigenvalue weighted by atomic mass is 16.5. The van der Waals surface area contributed by atoms with Crippen molar-refractivity contribution in [3.63, 3.8) is 0 Å². The van der Waals surface area contributed by atoms with Crippen LogP contribution in [0.3, 0.4) is 0 Å². The number of hydrogen-bond acceptors (Lipinski definition) is 6. The van der Waals surface area contributed by atoms with E-state index < -0.39 is 0 Å². The summed E-state index contributed by atoms with van der Waals surface area (Å²) < 4.78 is 15.8. The number of carbonyl (C=O) groups is 1. The zero-order valence-corrected chi connectivity index (χ0v) is 12.1. The molecular formula is C14H19N3O4. The molecule has 1 amide bonds. The van der Waals surface area contributed by atoms with Crippen LogP contribution in [0.25, 0.3) is 0 Å². The van der Waals surface area contributed by atoms with Crippen molar-refractivity contribution in [2.45, 2.75) is 18.6 Å². The van der Waals surface area contributed by atoms with Gasteiger partial charge in [-0.3, -0.25) is 4.79 Å². The maximum absolute atomic E-state index is 12.3. The number of amides is 1. The summed E-state index contributed by atoms with van der Waals surface area (Å²) >= 11 is 0. The Kier molecular flexibility index (Phi) is 4.03. The van der Waals surface area contributed by atoms with Gasteiger partial charge in [-0.25, -0.2) is 9.97 Å². The van der Waals surface area contributed by atoms with Crippen molar-refractivity contribution < 1.29 is 19.0 Å². The zero-order valence-electron chi connectivity index (χ0n) is 12.1. The molecule has 1 saturated carbocycles. The van der Waals surface area contributed by atoms with Crippen LogP contribution in [-0.4, -0.2) is 55.5 Å². The fourth-order valence-corrected chi connectivity index (χ4v) is 3.21. The van der Waals surface area contributed by atoms with Crippen molar-refractivity contribution in [3.8, 4) is 6.01 Å². The molecule has 1 aromatic rings. The molecule has 7 nitrogen and oxygen atoms in total. The first-order valence-corrected chi connectivity index (χ1v) is 7.02. The minimum Gasteiger partial charge on any atom is -0.467 e. The Balaban J connectivity index is 1.65. The third kappa shape index (κ3) is 2.58. The average molecular weight is 293 g/mol. The van der Waals surface area contributed by atoms with E-state index in [1.54, 1.807) is 7.11 Å². The number of methoxy groups -OCH3 is 2. The number of nitrogens with zero attached hydrogens (tertiary/aromatic N) is 2. The summed E-state index contributed by atoms with van der Waals surface area (Å²) in [5, 5.41) is 3.06. The average Bonchev–Trinajstić information content (AvgIpc) is 2.94. The highest BCUT2D eigenvalue weighted by Gasteiger charge is 2.54. The van der Waals surface area contributed by atoms with Crippen LogP contribution in [0.5, 0.6) is 6.01 Å². The molecule has 21 heavy (non-hydrogen) atoms. The van der Waals surface area contributed by atoms with Crippen LogP contribution in [0.15, 0.2) is 12.4 Å². The molecular weight excluding hydrogens is 274 g/mol. The number of rotatable bonds is 5. The summed E-state index contributed by atoms with van der Waals surface area (Å²) in [7, 11) is 3.15. The highest BCUT2D eigenvalue weighted by molar-refractivity contribution is 5.93. The van der Waals surface area contributed by atoms with Crippen LogP contribution in [0.2, 0.25) is 0 Å². The Morgan fingerprint density at radius 2 is 2.19 bits per heavy atom. The molecule has 7 heteroatoms. The monoisotopic (exact) mass is 293 g/mol. The Hall–Kier alpha value is -1.73. The van der Waals surface area contributed by atoms with Gasteiger partial charge in [0.05, 0.1) is 25.4 Å². The Labute approximate surface area is 123 Å². The number of hydrogen-bond donors (Lipinski definition) is 1. The lowest BCUT2D eigenvalue weighted by atomic mass is 9.67. The maximum atomic E-state index is 12.3. The number of aromatic nitrogens is 2. The Morgan fingerprint density at radius 1 is 1.43 bits per heavy atom. The third-order valence-corrected chi connectivity index (χ3v) is 4.26. The molecule has 1 aliphatic heterocycles. The lowest BCUT2D eigenvalue weighted by Gasteiger charge is -2.47. The molecule has 1 saturated heterocycles. The third-order valence-electron chi connectivity index (χ3n) is 4.26. The molecule has 0 spiro atoms. The highest BCUT2D eigenvalue weighted by Crippen LogP contribution is 2.43. The van der Waals surface area contributed by atoms with Gasteiger partial charge in [0, 0.05) is 44.0 Å². The topological polar surface area (TPSA) is 82.6 Å². The summed E-state index contributed by atoms with van der Waals surface area (Å²) in [6.07, 6.45) is 4.12. The van der Waals surface area contributed by atoms with Crippen LogP contribution >= 0.6 is 0 Å². The fourth-order valence-electron chi connectivity index (χ4n) is 3.21. The fraction of sp³-hybridized carbons (Fsp3) is 0.643. The number of nitrogens with one attached hydrogen (secondary N) is 1. The molecule has 0 bridgehead atoms. The van der Waals surface area contributed by atoms with Gasteiger partial charge < -0.3 is 19.5 Å². The van der Waals surface area contributed by atoms with E-state index in [9.17, 15) is 4.79 Å². The molecule has 4 atom stereocenters. The van der Waals surface area contributed by atoms with Crippen molar-refractivity contribution in [1.82, 2.24) is 15.3 Å². The standard InChI is InChI=1S/C14H19N3O4/c1-19-7-10-11(9-3-4-21-12(9)10)17-13(18)8-5-15-14(20-2)16-6-8/h5-6,9-12H,3-4,7H2,1-2H3,(H,17,18)/t9-,10+,11+,12-/m0/s1. The molecule has 0 radical (unpaired) electrons. The molecule has 0 unspecified atom stereocenters. The summed E-state index contributed by atoms with van der Waals surface area (Å²) in [5.74, 6) is 0.424. The van der Waals surface area contributed by atoms with Crippen LogP contribution in [-0.2, 0) is 9.47 Å². The van der Waals surface area contributed by atoms with E-state index in [0.29, 0.717) is 18.1 Å². The second-order valence-corrected chi connectivity index (χ2v) is 5.36. The van der Waals surface area contributed by atoms with Crippen LogP contribution in [0, 0.1) is 11.8 Å². The molecule has 1 aliphatic carbocycles.